The minimum atomic E-state index is -0.688. The molecule has 1 heterocycles. The van der Waals surface area contributed by atoms with E-state index in [4.69, 9.17) is 4.74 Å². The van der Waals surface area contributed by atoms with E-state index >= 15 is 0 Å². The summed E-state index contributed by atoms with van der Waals surface area (Å²) in [5, 5.41) is 11.5. The van der Waals surface area contributed by atoms with E-state index in [1.165, 1.54) is 0 Å². The molecule has 0 unspecified atom stereocenters. The van der Waals surface area contributed by atoms with E-state index < -0.39 is 16.5 Å². The van der Waals surface area contributed by atoms with Crippen LogP contribution in [0.1, 0.15) is 10.4 Å². The second-order valence-electron chi connectivity index (χ2n) is 5.13. The quantitative estimate of drug-likeness (QED) is 0.452. The van der Waals surface area contributed by atoms with Crippen molar-refractivity contribution in [1.29, 1.82) is 0 Å². The number of hydrogen-bond acceptors (Lipinski definition) is 7. The van der Waals surface area contributed by atoms with Crippen LogP contribution in [0.5, 0.6) is 11.6 Å². The van der Waals surface area contributed by atoms with Gasteiger partial charge < -0.3 is 4.74 Å². The van der Waals surface area contributed by atoms with Gasteiger partial charge in [0.2, 0.25) is 5.82 Å². The largest absolute Gasteiger partial charge is 0.434 e. The van der Waals surface area contributed by atoms with Crippen LogP contribution in [0.4, 0.5) is 11.5 Å². The number of nitrogens with zero attached hydrogens (tertiary/aromatic N) is 3. The number of ether oxygens (including phenoxy) is 1. The molecule has 10 heteroatoms. The van der Waals surface area contributed by atoms with Crippen LogP contribution in [-0.2, 0) is 0 Å². The number of nitrogens with one attached hydrogen (secondary N) is 2. The summed E-state index contributed by atoms with van der Waals surface area (Å²) in [6.45, 7) is 0. The molecule has 0 radical (unpaired) electrons. The molecule has 0 aliphatic carbocycles. The molecule has 0 saturated carbocycles. The fraction of sp³-hybridized carbons (Fsp3) is 0. The van der Waals surface area contributed by atoms with Crippen molar-refractivity contribution < 1.29 is 14.5 Å². The molecule has 27 heavy (non-hydrogen) atoms. The Hall–Kier alpha value is -3.53. The Labute approximate surface area is 161 Å². The minimum absolute atomic E-state index is 0.202. The Morgan fingerprint density at radius 1 is 1.07 bits per heavy atom. The molecule has 1 aromatic heterocycles. The van der Waals surface area contributed by atoms with Gasteiger partial charge in [0.15, 0.2) is 0 Å². The number of hydrazine groups is 1. The lowest BCUT2D eigenvalue weighted by Gasteiger charge is -2.10. The Balaban J connectivity index is 1.80. The summed E-state index contributed by atoms with van der Waals surface area (Å²) >= 11 is 3.28. The van der Waals surface area contributed by atoms with Crippen molar-refractivity contribution in [3.8, 4) is 11.6 Å². The lowest BCUT2D eigenvalue weighted by Crippen LogP contribution is -2.30. The topological polar surface area (TPSA) is 119 Å². The number of aromatic nitrogens is 2. The van der Waals surface area contributed by atoms with Crippen LogP contribution in [0.3, 0.4) is 0 Å². The Morgan fingerprint density at radius 2 is 1.78 bits per heavy atom. The zero-order valence-electron chi connectivity index (χ0n) is 13.6. The van der Waals surface area contributed by atoms with Gasteiger partial charge in [0.05, 0.1) is 4.92 Å². The van der Waals surface area contributed by atoms with Gasteiger partial charge in [-0.2, -0.15) is 4.98 Å². The average molecular weight is 430 g/mol. The van der Waals surface area contributed by atoms with E-state index in [0.717, 1.165) is 10.8 Å². The van der Waals surface area contributed by atoms with Crippen LogP contribution in [0.25, 0.3) is 0 Å². The van der Waals surface area contributed by atoms with E-state index in [1.807, 2.05) is 0 Å². The van der Waals surface area contributed by atoms with Gasteiger partial charge in [-0.15, -0.1) is 0 Å². The third-order valence-corrected chi connectivity index (χ3v) is 3.86. The normalized spacial score (nSPS) is 10.1. The number of para-hydroxylation sites is 1. The van der Waals surface area contributed by atoms with Crippen molar-refractivity contribution in [1.82, 2.24) is 15.4 Å². The first-order valence-corrected chi connectivity index (χ1v) is 8.38. The summed E-state index contributed by atoms with van der Waals surface area (Å²) in [6, 6.07) is 15.1. The monoisotopic (exact) mass is 429 g/mol. The Kier molecular flexibility index (Phi) is 5.57. The van der Waals surface area contributed by atoms with Gasteiger partial charge in [-0.3, -0.25) is 25.8 Å². The summed E-state index contributed by atoms with van der Waals surface area (Å²) in [6.07, 6.45) is 1.10. The number of benzene rings is 2. The molecule has 0 aliphatic heterocycles. The summed E-state index contributed by atoms with van der Waals surface area (Å²) in [5.74, 6) is -0.557. The van der Waals surface area contributed by atoms with Gasteiger partial charge in [0, 0.05) is 10.0 Å². The highest BCUT2D eigenvalue weighted by Crippen LogP contribution is 2.33. The first kappa shape index (κ1) is 18.3. The third-order valence-electron chi connectivity index (χ3n) is 3.33. The molecule has 0 saturated heterocycles. The first-order chi connectivity index (χ1) is 13.0. The smallest absolute Gasteiger partial charge is 0.374 e. The molecule has 3 rings (SSSR count). The highest BCUT2D eigenvalue weighted by atomic mass is 79.9. The maximum atomic E-state index is 12.2. The van der Waals surface area contributed by atoms with E-state index in [1.54, 1.807) is 54.6 Å². The van der Waals surface area contributed by atoms with Crippen molar-refractivity contribution in [3.63, 3.8) is 0 Å². The summed E-state index contributed by atoms with van der Waals surface area (Å²) in [5.41, 5.74) is 4.68. The van der Waals surface area contributed by atoms with Crippen molar-refractivity contribution in [2.75, 3.05) is 5.43 Å². The molecule has 0 spiro atoms. The van der Waals surface area contributed by atoms with Gasteiger partial charge in [-0.1, -0.05) is 34.1 Å². The predicted octanol–water partition coefficient (Wildman–Crippen LogP) is 3.70. The molecule has 136 valence electrons. The number of halogens is 1. The number of carbonyl (C=O) groups excluding carboxylic acids is 1. The molecular weight excluding hydrogens is 418 g/mol. The fourth-order valence-electron chi connectivity index (χ4n) is 2.08. The summed E-state index contributed by atoms with van der Waals surface area (Å²) in [7, 11) is 0. The van der Waals surface area contributed by atoms with Gasteiger partial charge in [-0.25, -0.2) is 4.98 Å². The van der Waals surface area contributed by atoms with Gasteiger partial charge in [0.25, 0.3) is 5.91 Å². The average Bonchev–Trinajstić information content (AvgIpc) is 2.67. The van der Waals surface area contributed by atoms with Crippen molar-refractivity contribution >= 4 is 33.3 Å². The van der Waals surface area contributed by atoms with E-state index in [-0.39, 0.29) is 11.7 Å². The van der Waals surface area contributed by atoms with E-state index in [0.29, 0.717) is 11.3 Å². The molecule has 3 aromatic rings. The second-order valence-corrected chi connectivity index (χ2v) is 6.05. The van der Waals surface area contributed by atoms with Crippen molar-refractivity contribution in [3.05, 3.63) is 81.1 Å². The van der Waals surface area contributed by atoms with Crippen LogP contribution in [0.2, 0.25) is 0 Å². The zero-order chi connectivity index (χ0) is 19.2. The van der Waals surface area contributed by atoms with Crippen LogP contribution < -0.4 is 15.6 Å². The van der Waals surface area contributed by atoms with Gasteiger partial charge in [-0.05, 0) is 36.4 Å². The van der Waals surface area contributed by atoms with E-state index in [9.17, 15) is 14.9 Å². The first-order valence-electron chi connectivity index (χ1n) is 7.59. The maximum Gasteiger partial charge on any atom is 0.374 e. The number of anilines is 1. The van der Waals surface area contributed by atoms with Crippen LogP contribution in [0.15, 0.2) is 65.4 Å². The molecule has 1 amide bonds. The van der Waals surface area contributed by atoms with E-state index in [2.05, 4.69) is 36.7 Å². The van der Waals surface area contributed by atoms with Crippen molar-refractivity contribution in [2.45, 2.75) is 0 Å². The highest BCUT2D eigenvalue weighted by molar-refractivity contribution is 9.10. The SMILES string of the molecule is O=C(NNc1ncnc(Oc2ccccc2)c1[N+](=O)[O-])c1ccc(Br)cc1. The van der Waals surface area contributed by atoms with Gasteiger partial charge in [0.1, 0.15) is 12.1 Å². The van der Waals surface area contributed by atoms with Crippen LogP contribution in [-0.4, -0.2) is 20.8 Å². The molecule has 0 bridgehead atoms. The number of hydrogen-bond donors (Lipinski definition) is 2. The standard InChI is InChI=1S/C17H12BrN5O4/c18-12-8-6-11(7-9-12)16(24)22-21-15-14(23(25)26)17(20-10-19-15)27-13-4-2-1-3-5-13/h1-10H,(H,22,24)(H,19,20,21). The maximum absolute atomic E-state index is 12.2. The molecule has 9 nitrogen and oxygen atoms in total. The molecule has 0 atom stereocenters. The van der Waals surface area contributed by atoms with Crippen LogP contribution >= 0.6 is 15.9 Å². The fourth-order valence-corrected chi connectivity index (χ4v) is 2.35. The number of amides is 1. The molecule has 0 fully saturated rings. The summed E-state index contributed by atoms with van der Waals surface area (Å²) < 4.78 is 6.29. The molecule has 2 N–H and O–H groups in total. The summed E-state index contributed by atoms with van der Waals surface area (Å²) in [4.78, 5) is 30.6. The predicted molar refractivity (Wildman–Crippen MR) is 100 cm³/mol. The minimum Gasteiger partial charge on any atom is -0.434 e. The molecular formula is C17H12BrN5O4. The number of rotatable bonds is 6. The highest BCUT2D eigenvalue weighted by Gasteiger charge is 2.25. The van der Waals surface area contributed by atoms with Gasteiger partial charge >= 0.3 is 11.6 Å². The Morgan fingerprint density at radius 3 is 2.44 bits per heavy atom. The zero-order valence-corrected chi connectivity index (χ0v) is 15.2. The Bertz CT molecular complexity index is 967. The number of nitro groups is 1. The molecule has 2 aromatic carbocycles. The van der Waals surface area contributed by atoms with Crippen LogP contribution in [0, 0.1) is 10.1 Å². The lowest BCUT2D eigenvalue weighted by molar-refractivity contribution is -0.385. The number of carbonyl (C=O) groups is 1. The lowest BCUT2D eigenvalue weighted by atomic mass is 10.2. The molecule has 0 aliphatic rings. The third kappa shape index (κ3) is 4.55. The van der Waals surface area contributed by atoms with Crippen molar-refractivity contribution in [2.24, 2.45) is 0 Å². The second kappa shape index (κ2) is 8.23.